The van der Waals surface area contributed by atoms with Gasteiger partial charge in [0.15, 0.2) is 11.5 Å². The van der Waals surface area contributed by atoms with Crippen LogP contribution in [-0.2, 0) is 16.0 Å². The van der Waals surface area contributed by atoms with Crippen molar-refractivity contribution in [2.45, 2.75) is 19.8 Å². The number of esters is 1. The third-order valence-electron chi connectivity index (χ3n) is 4.92. The van der Waals surface area contributed by atoms with Gasteiger partial charge in [-0.3, -0.25) is 9.89 Å². The number of hydrogen-bond acceptors (Lipinski definition) is 8. The molecule has 0 fully saturated rings. The monoisotopic (exact) mass is 480 g/mol. The summed E-state index contributed by atoms with van der Waals surface area (Å²) in [5, 5.41) is 19.6. The van der Waals surface area contributed by atoms with Crippen molar-refractivity contribution in [2.75, 3.05) is 26.6 Å². The summed E-state index contributed by atoms with van der Waals surface area (Å²) < 4.78 is 15.4. The maximum Gasteiger partial charge on any atom is 0.340 e. The average Bonchev–Trinajstić information content (AvgIpc) is 3.48. The molecule has 0 aliphatic heterocycles. The van der Waals surface area contributed by atoms with E-state index in [2.05, 4.69) is 15.5 Å². The van der Waals surface area contributed by atoms with E-state index in [0.717, 1.165) is 23.3 Å². The largest absolute Gasteiger partial charge is 0.493 e. The first-order valence-corrected chi connectivity index (χ1v) is 11.2. The predicted octanol–water partition coefficient (Wildman–Crippen LogP) is 4.44. The van der Waals surface area contributed by atoms with Gasteiger partial charge in [0.2, 0.25) is 0 Å². The topological polar surface area (TPSA) is 126 Å². The van der Waals surface area contributed by atoms with Crippen molar-refractivity contribution >= 4 is 34.3 Å². The van der Waals surface area contributed by atoms with Gasteiger partial charge < -0.3 is 19.5 Å². The van der Waals surface area contributed by atoms with E-state index in [0.29, 0.717) is 27.8 Å². The number of hydrogen-bond donors (Lipinski definition) is 2. The molecule has 1 amide bonds. The lowest BCUT2D eigenvalue weighted by molar-refractivity contribution is -0.112. The number of anilines is 1. The van der Waals surface area contributed by atoms with Crippen LogP contribution in [0.5, 0.6) is 11.5 Å². The number of nitrogens with zero attached hydrogens (tertiary/aromatic N) is 2. The molecule has 1 aromatic carbocycles. The maximum absolute atomic E-state index is 12.9. The minimum atomic E-state index is -0.642. The van der Waals surface area contributed by atoms with Crippen LogP contribution in [0.15, 0.2) is 36.0 Å². The third-order valence-corrected chi connectivity index (χ3v) is 6.03. The third kappa shape index (κ3) is 5.27. The molecule has 176 valence electrons. The van der Waals surface area contributed by atoms with Crippen LogP contribution in [0, 0.1) is 11.3 Å². The number of nitriles is 1. The Kier molecular flexibility index (Phi) is 8.05. The number of methoxy groups -OCH3 is 3. The van der Waals surface area contributed by atoms with Gasteiger partial charge in [0.05, 0.1) is 38.8 Å². The molecule has 0 spiro atoms. The molecule has 0 bridgehead atoms. The van der Waals surface area contributed by atoms with E-state index >= 15 is 0 Å². The first-order valence-electron chi connectivity index (χ1n) is 10.4. The molecule has 34 heavy (non-hydrogen) atoms. The smallest absolute Gasteiger partial charge is 0.340 e. The molecule has 0 saturated carbocycles. The fourth-order valence-electron chi connectivity index (χ4n) is 3.27. The first-order chi connectivity index (χ1) is 16.4. The van der Waals surface area contributed by atoms with Crippen molar-refractivity contribution in [1.29, 1.82) is 5.26 Å². The highest BCUT2D eigenvalue weighted by Crippen LogP contribution is 2.34. The number of ether oxygens (including phenoxy) is 3. The van der Waals surface area contributed by atoms with Crippen LogP contribution in [0.4, 0.5) is 5.00 Å². The Morgan fingerprint density at radius 3 is 2.62 bits per heavy atom. The molecule has 2 N–H and O–H groups in total. The van der Waals surface area contributed by atoms with Gasteiger partial charge in [-0.2, -0.15) is 10.4 Å². The summed E-state index contributed by atoms with van der Waals surface area (Å²) in [5.74, 6) is -0.0996. The van der Waals surface area contributed by atoms with Crippen molar-refractivity contribution in [2.24, 2.45) is 0 Å². The molecule has 0 radical (unpaired) electrons. The number of aromatic amines is 1. The molecule has 3 aromatic rings. The molecular weight excluding hydrogens is 456 g/mol. The van der Waals surface area contributed by atoms with Crippen LogP contribution in [0.25, 0.3) is 17.3 Å². The second-order valence-electron chi connectivity index (χ2n) is 7.09. The zero-order valence-corrected chi connectivity index (χ0v) is 20.0. The van der Waals surface area contributed by atoms with Crippen LogP contribution in [0.2, 0.25) is 0 Å². The fourth-order valence-corrected chi connectivity index (χ4v) is 4.41. The van der Waals surface area contributed by atoms with E-state index in [9.17, 15) is 14.9 Å². The number of aryl methyl sites for hydroxylation is 1. The van der Waals surface area contributed by atoms with Gasteiger partial charge in [-0.15, -0.1) is 11.3 Å². The van der Waals surface area contributed by atoms with Crippen molar-refractivity contribution < 1.29 is 23.8 Å². The summed E-state index contributed by atoms with van der Waals surface area (Å²) in [6.45, 7) is 2.02. The van der Waals surface area contributed by atoms with Crippen LogP contribution in [-0.4, -0.2) is 43.4 Å². The van der Waals surface area contributed by atoms with Crippen LogP contribution >= 0.6 is 11.3 Å². The summed E-state index contributed by atoms with van der Waals surface area (Å²) in [4.78, 5) is 26.0. The zero-order valence-electron chi connectivity index (χ0n) is 19.2. The quantitative estimate of drug-likeness (QED) is 0.263. The summed E-state index contributed by atoms with van der Waals surface area (Å²) in [6, 6.07) is 8.95. The highest BCUT2D eigenvalue weighted by Gasteiger charge is 2.21. The Morgan fingerprint density at radius 1 is 1.21 bits per heavy atom. The molecule has 3 rings (SSSR count). The van der Waals surface area contributed by atoms with E-state index in [1.165, 1.54) is 37.8 Å². The van der Waals surface area contributed by atoms with Crippen molar-refractivity contribution in [3.05, 3.63) is 52.0 Å². The van der Waals surface area contributed by atoms with Gasteiger partial charge >= 0.3 is 5.97 Å². The van der Waals surface area contributed by atoms with E-state index in [-0.39, 0.29) is 11.1 Å². The average molecular weight is 481 g/mol. The molecule has 2 aromatic heterocycles. The number of H-pyrrole nitrogens is 1. The fraction of sp³-hybridized carbons (Fsp3) is 0.250. The van der Waals surface area contributed by atoms with Crippen LogP contribution in [0.3, 0.4) is 0 Å². The van der Waals surface area contributed by atoms with Gasteiger partial charge in [-0.25, -0.2) is 4.79 Å². The predicted molar refractivity (Wildman–Crippen MR) is 129 cm³/mol. The lowest BCUT2D eigenvalue weighted by Crippen LogP contribution is -2.15. The van der Waals surface area contributed by atoms with Crippen LogP contribution in [0.1, 0.15) is 34.1 Å². The van der Waals surface area contributed by atoms with Gasteiger partial charge in [-0.1, -0.05) is 13.3 Å². The molecule has 0 saturated heterocycles. The SMILES string of the molecule is CCCc1cc(C(=O)OC)c(NC(=O)/C(C#N)=C\c2cn[nH]c2-c2ccc(OC)c(OC)c2)s1. The van der Waals surface area contributed by atoms with Crippen molar-refractivity contribution in [3.63, 3.8) is 0 Å². The van der Waals surface area contributed by atoms with Gasteiger partial charge in [0, 0.05) is 16.0 Å². The number of amides is 1. The minimum absolute atomic E-state index is 0.149. The van der Waals surface area contributed by atoms with E-state index in [1.54, 1.807) is 25.3 Å². The second-order valence-corrected chi connectivity index (χ2v) is 8.23. The van der Waals surface area contributed by atoms with Gasteiger partial charge in [0.1, 0.15) is 16.6 Å². The molecule has 0 aliphatic carbocycles. The molecule has 0 atom stereocenters. The molecular formula is C24H24N4O5S. The molecule has 9 nitrogen and oxygen atoms in total. The van der Waals surface area contributed by atoms with E-state index in [4.69, 9.17) is 14.2 Å². The highest BCUT2D eigenvalue weighted by molar-refractivity contribution is 7.16. The highest BCUT2D eigenvalue weighted by atomic mass is 32.1. The summed E-state index contributed by atoms with van der Waals surface area (Å²) in [5.41, 5.74) is 1.97. The Hall–Kier alpha value is -4.10. The normalized spacial score (nSPS) is 11.0. The Morgan fingerprint density at radius 2 is 1.97 bits per heavy atom. The summed E-state index contributed by atoms with van der Waals surface area (Å²) in [7, 11) is 4.36. The van der Waals surface area contributed by atoms with Crippen molar-refractivity contribution in [3.8, 4) is 28.8 Å². The number of aromatic nitrogens is 2. The number of rotatable bonds is 9. The Labute approximate surface area is 201 Å². The van der Waals surface area contributed by atoms with E-state index in [1.807, 2.05) is 19.1 Å². The lowest BCUT2D eigenvalue weighted by atomic mass is 10.1. The minimum Gasteiger partial charge on any atom is -0.493 e. The number of carbonyl (C=O) groups excluding carboxylic acids is 2. The second kappa shape index (κ2) is 11.2. The Balaban J connectivity index is 1.92. The van der Waals surface area contributed by atoms with Crippen molar-refractivity contribution in [1.82, 2.24) is 10.2 Å². The molecule has 2 heterocycles. The van der Waals surface area contributed by atoms with Gasteiger partial charge in [-0.05, 0) is 36.8 Å². The number of thiophene rings is 1. The Bertz CT molecular complexity index is 1270. The first kappa shape index (κ1) is 24.5. The van der Waals surface area contributed by atoms with Crippen LogP contribution < -0.4 is 14.8 Å². The maximum atomic E-state index is 12.9. The zero-order chi connectivity index (χ0) is 24.7. The number of carbonyl (C=O) groups is 2. The number of benzene rings is 1. The lowest BCUT2D eigenvalue weighted by Gasteiger charge is -2.09. The summed E-state index contributed by atoms with van der Waals surface area (Å²) in [6.07, 6.45) is 4.59. The standard InChI is InChI=1S/C24H24N4O5S/c1-5-6-17-11-18(24(30)33-4)23(34-17)27-22(29)15(12-25)9-16-13-26-28-21(16)14-7-8-19(31-2)20(10-14)32-3/h7-11,13H,5-6H2,1-4H3,(H,26,28)(H,27,29)/b15-9-. The number of nitrogens with one attached hydrogen (secondary N) is 2. The van der Waals surface area contributed by atoms with Gasteiger partial charge in [0.25, 0.3) is 5.91 Å². The van der Waals surface area contributed by atoms with E-state index < -0.39 is 11.9 Å². The molecule has 0 aliphatic rings. The molecule has 0 unspecified atom stereocenters. The summed E-state index contributed by atoms with van der Waals surface area (Å²) >= 11 is 1.29. The molecule has 10 heteroatoms.